The fraction of sp³-hybridized carbons (Fsp3) is 0.596. The Bertz CT molecular complexity index is 4360. The second-order valence-corrected chi connectivity index (χ2v) is 38.1. The highest BCUT2D eigenvalue weighted by Crippen LogP contribution is 2.53. The highest BCUT2D eigenvalue weighted by atomic mass is 16.5. The lowest BCUT2D eigenvalue weighted by Crippen LogP contribution is -2.39. The molecule has 12 rings (SSSR count). The van der Waals surface area contributed by atoms with E-state index in [-0.39, 0.29) is 16.8 Å². The molecule has 6 aromatic rings. The van der Waals surface area contributed by atoms with Crippen molar-refractivity contribution in [1.29, 1.82) is 0 Å². The quantitative estimate of drug-likeness (QED) is 0.0341. The number of hydrogen-bond donors (Lipinski definition) is 0. The lowest BCUT2D eigenvalue weighted by Gasteiger charge is -2.42. The Hall–Kier alpha value is -7.38. The van der Waals surface area contributed by atoms with Crippen molar-refractivity contribution in [3.05, 3.63) is 210 Å². The third kappa shape index (κ3) is 24.4. The van der Waals surface area contributed by atoms with Crippen LogP contribution in [-0.4, -0.2) is 51.7 Å². The number of aryl methyl sites for hydroxylation is 1. The van der Waals surface area contributed by atoms with Gasteiger partial charge >= 0.3 is 0 Å². The van der Waals surface area contributed by atoms with Crippen molar-refractivity contribution in [2.75, 3.05) is 20.2 Å². The molecule has 12 nitrogen and oxygen atoms in total. The van der Waals surface area contributed by atoms with E-state index in [1.807, 2.05) is 18.2 Å². The summed E-state index contributed by atoms with van der Waals surface area (Å²) in [7, 11) is 0. The van der Waals surface area contributed by atoms with Crippen LogP contribution in [0.1, 0.15) is 336 Å². The van der Waals surface area contributed by atoms with Gasteiger partial charge in [-0.3, -0.25) is 14.7 Å². The van der Waals surface area contributed by atoms with Gasteiger partial charge in [0, 0.05) is 69.7 Å². The van der Waals surface area contributed by atoms with Crippen LogP contribution in [0.4, 0.5) is 0 Å². The molecular formula is C104H147N3O9. The van der Waals surface area contributed by atoms with Crippen LogP contribution in [-0.2, 0) is 84.2 Å². The zero-order valence-corrected chi connectivity index (χ0v) is 74.8. The van der Waals surface area contributed by atoms with Gasteiger partial charge in [-0.05, 0) is 309 Å². The molecule has 0 fully saturated rings. The zero-order chi connectivity index (χ0) is 81.9. The maximum absolute atomic E-state index is 8.07. The van der Waals surface area contributed by atoms with E-state index in [1.54, 1.807) is 18.8 Å². The predicted octanol–water partition coefficient (Wildman–Crippen LogP) is 27.5. The van der Waals surface area contributed by atoms with Crippen molar-refractivity contribution in [2.24, 2.45) is 17.8 Å². The van der Waals surface area contributed by atoms with Crippen LogP contribution < -0.4 is 28.4 Å². The molecule has 0 amide bonds. The molecule has 0 aliphatic carbocycles. The molecule has 9 heterocycles. The third-order valence-corrected chi connectivity index (χ3v) is 26.4. The van der Waals surface area contributed by atoms with Crippen LogP contribution in [0.3, 0.4) is 0 Å². The maximum atomic E-state index is 8.07. The second kappa shape index (κ2) is 41.5. The Labute approximate surface area is 700 Å². The van der Waals surface area contributed by atoms with Crippen molar-refractivity contribution in [3.63, 3.8) is 0 Å². The molecule has 0 saturated heterocycles. The summed E-state index contributed by atoms with van der Waals surface area (Å²) in [5.74, 6) is 11.3. The molecule has 5 atom stereocenters. The summed E-state index contributed by atoms with van der Waals surface area (Å²) >= 11 is 0. The molecule has 0 spiro atoms. The van der Waals surface area contributed by atoms with E-state index in [0.29, 0.717) is 52.3 Å². The van der Waals surface area contributed by atoms with Crippen molar-refractivity contribution in [2.45, 2.75) is 366 Å². The first kappa shape index (κ1) is 87.9. The zero-order valence-electron chi connectivity index (χ0n) is 74.8. The molecule has 0 radical (unpaired) electrons. The number of ether oxygens (including phenoxy) is 6. The summed E-state index contributed by atoms with van der Waals surface area (Å²) in [4.78, 5) is 7.17. The average Bonchev–Trinajstić information content (AvgIpc) is 0.794. The first-order valence-electron chi connectivity index (χ1n) is 45.5. The van der Waals surface area contributed by atoms with Gasteiger partial charge < -0.3 is 41.7 Å². The number of allylic oxidation sites excluding steroid dienone is 12. The highest BCUT2D eigenvalue weighted by molar-refractivity contribution is 5.65. The van der Waals surface area contributed by atoms with Gasteiger partial charge in [-0.15, -0.1) is 0 Å². The van der Waals surface area contributed by atoms with Gasteiger partial charge in [0.2, 0.25) is 0 Å². The minimum absolute atomic E-state index is 0.329. The van der Waals surface area contributed by atoms with Crippen molar-refractivity contribution >= 4 is 0 Å². The number of nitrogens with zero attached hydrogens (tertiary/aromatic N) is 3. The van der Waals surface area contributed by atoms with Crippen LogP contribution in [0.25, 0.3) is 0 Å². The van der Waals surface area contributed by atoms with Gasteiger partial charge in [-0.25, -0.2) is 0 Å². The van der Waals surface area contributed by atoms with E-state index in [1.165, 1.54) is 140 Å². The Kier molecular flexibility index (Phi) is 31.5. The largest absolute Gasteiger partial charge is 0.487 e. The molecule has 0 bridgehead atoms. The number of rotatable bonds is 42. The van der Waals surface area contributed by atoms with Crippen LogP contribution in [0, 0.1) is 24.7 Å². The lowest BCUT2D eigenvalue weighted by atomic mass is 9.79. The molecule has 0 saturated carbocycles. The first-order valence-corrected chi connectivity index (χ1v) is 45.5. The van der Waals surface area contributed by atoms with Gasteiger partial charge in [0.1, 0.15) is 88.8 Å². The molecule has 116 heavy (non-hydrogen) atoms. The predicted molar refractivity (Wildman–Crippen MR) is 475 cm³/mol. The van der Waals surface area contributed by atoms with Crippen molar-refractivity contribution in [1.82, 2.24) is 14.7 Å². The Morgan fingerprint density at radius 1 is 0.405 bits per heavy atom. The fourth-order valence-electron chi connectivity index (χ4n) is 19.1. The van der Waals surface area contributed by atoms with E-state index in [0.717, 1.165) is 231 Å². The number of furan rings is 3. The molecule has 632 valence electrons. The van der Waals surface area contributed by atoms with Gasteiger partial charge in [-0.1, -0.05) is 143 Å². The van der Waals surface area contributed by atoms with E-state index in [2.05, 4.69) is 186 Å². The summed E-state index contributed by atoms with van der Waals surface area (Å²) < 4.78 is 63.0. The minimum Gasteiger partial charge on any atom is -0.487 e. The maximum Gasteiger partial charge on any atom is 0.142 e. The normalized spacial score (nSPS) is 20.4. The Morgan fingerprint density at radius 3 is 1.28 bits per heavy atom. The number of benzene rings is 3. The van der Waals surface area contributed by atoms with Gasteiger partial charge in [0.25, 0.3) is 0 Å². The van der Waals surface area contributed by atoms with E-state index < -0.39 is 0 Å². The average molecular weight is 1580 g/mol. The highest BCUT2D eigenvalue weighted by Gasteiger charge is 2.42. The van der Waals surface area contributed by atoms with Gasteiger partial charge in [-0.2, -0.15) is 0 Å². The minimum atomic E-state index is -0.364. The summed E-state index contributed by atoms with van der Waals surface area (Å²) in [6.45, 7) is 42.6. The van der Waals surface area contributed by atoms with Gasteiger partial charge in [0.15, 0.2) is 0 Å². The van der Waals surface area contributed by atoms with Crippen molar-refractivity contribution < 1.29 is 41.7 Å². The molecule has 3 aromatic heterocycles. The lowest BCUT2D eigenvalue weighted by molar-refractivity contribution is 0.0477. The summed E-state index contributed by atoms with van der Waals surface area (Å²) in [6.07, 6.45) is 52.5. The Balaban J connectivity index is 0.890. The van der Waals surface area contributed by atoms with E-state index >= 15 is 0 Å². The first-order chi connectivity index (χ1) is 55.8. The third-order valence-electron chi connectivity index (χ3n) is 26.4. The monoisotopic (exact) mass is 1580 g/mol. The molecular weight excluding hydrogens is 1440 g/mol. The number of fused-ring (bicyclic) bond motifs is 6. The van der Waals surface area contributed by atoms with Crippen LogP contribution in [0.15, 0.2) is 144 Å². The smallest absolute Gasteiger partial charge is 0.142 e. The second-order valence-electron chi connectivity index (χ2n) is 38.1. The molecule has 6 aliphatic rings. The van der Waals surface area contributed by atoms with Gasteiger partial charge in [0.05, 0.1) is 38.4 Å². The SMILES string of the molecule is CC(C)=CCC/C(C)=C/CC/C(C)=C/CC[C@]1(C)CCc2cc3c(c(CCc4c5c(c(CCc6c7c(c(C)c8c6OCN(Cc6ccco6)C8)O[C@](C)(CC/C=C(\C)CC/C=C(\C)CCC=C(C)C)CC7)c6c4OCN(Cc4ccco4)C6)O[C@](C)(CCC[C@@H](C)CCC[C@@H](C)CCCC(C)C)CC5)c2O1)CN(Cc1ccco1)CO3. The van der Waals surface area contributed by atoms with Crippen LogP contribution in [0.5, 0.6) is 34.5 Å². The van der Waals surface area contributed by atoms with E-state index in [9.17, 15) is 0 Å². The summed E-state index contributed by atoms with van der Waals surface area (Å²) in [5, 5.41) is 0. The van der Waals surface area contributed by atoms with Crippen LogP contribution >= 0.6 is 0 Å². The van der Waals surface area contributed by atoms with Crippen LogP contribution in [0.2, 0.25) is 0 Å². The molecule has 3 aromatic carbocycles. The molecule has 12 heteroatoms. The summed E-state index contributed by atoms with van der Waals surface area (Å²) in [5.41, 5.74) is 21.4. The van der Waals surface area contributed by atoms with Crippen molar-refractivity contribution in [3.8, 4) is 34.5 Å². The standard InChI is InChI=1S/C104H147N3O9/c1-73(2)29-17-32-76(7)35-20-38-79(10)41-23-54-102(14)57-51-83-63-96-94(68-106(70-111-96)65-85-45-27-61-109-85)89(98(83)115-102)49-47-88-92-53-59-104(16,56-25-43-81(12)40-22-37-78(9)34-19-31-75(5)6)116-101(92)90(95-69-107(72-113-100(88)95)66-86-46-28-62-110-86)50-48-87-91-52-58-103(15,55-24-42-80(11)39-21-36-77(8)33-18-30-74(3)4)114-97(91)82(13)93-67-105(71-112-99(87)93)64-84-44-26-60-108-84/h26-30,35-36,41-42,44-46,60-63,75,78,81H,17-25,31-34,37-40,43,47-59,64-72H2,1-16H3/b76-35+,77-36+,79-41+,80-42+/t78-,81-,102+,103+,104+/m0/s1. The number of hydrogen-bond acceptors (Lipinski definition) is 12. The topological polar surface area (TPSA) is 105 Å². The summed E-state index contributed by atoms with van der Waals surface area (Å²) in [6, 6.07) is 14.5. The molecule has 0 N–H and O–H groups in total. The van der Waals surface area contributed by atoms with E-state index in [4.69, 9.17) is 41.7 Å². The Morgan fingerprint density at radius 2 is 0.793 bits per heavy atom. The molecule has 0 unspecified atom stereocenters. The fourth-order valence-corrected chi connectivity index (χ4v) is 19.1. The molecule has 6 aliphatic heterocycles.